The van der Waals surface area contributed by atoms with Crippen LogP contribution in [0, 0.1) is 0 Å². The number of amides is 2. The van der Waals surface area contributed by atoms with Gasteiger partial charge in [0.05, 0.1) is 44.5 Å². The Morgan fingerprint density at radius 2 is 1.97 bits per heavy atom. The molecule has 0 fully saturated rings. The lowest BCUT2D eigenvalue weighted by Crippen LogP contribution is -2.38. The first-order chi connectivity index (χ1) is 15.2. The SMILES string of the molecule is COc1ccc(N(C[C@@H](O)Cn2cc(/C=N\NC(N)=O)c3ccccc32)S(C)(=O)=O)cc1. The van der Waals surface area contributed by atoms with Crippen LogP contribution in [0.1, 0.15) is 5.56 Å². The van der Waals surface area contributed by atoms with Gasteiger partial charge >= 0.3 is 6.03 Å². The number of ether oxygens (including phenoxy) is 1. The van der Waals surface area contributed by atoms with Gasteiger partial charge in [-0.25, -0.2) is 18.6 Å². The molecule has 1 atom stereocenters. The molecule has 1 heterocycles. The molecule has 3 aromatic rings. The molecule has 1 aromatic heterocycles. The second-order valence-corrected chi connectivity index (χ2v) is 9.04. The average Bonchev–Trinajstić information content (AvgIpc) is 3.08. The summed E-state index contributed by atoms with van der Waals surface area (Å²) in [5, 5.41) is 15.4. The summed E-state index contributed by atoms with van der Waals surface area (Å²) >= 11 is 0. The maximum Gasteiger partial charge on any atom is 0.332 e. The van der Waals surface area contributed by atoms with E-state index in [2.05, 4.69) is 10.5 Å². The number of sulfonamides is 1. The highest BCUT2D eigenvalue weighted by Gasteiger charge is 2.22. The molecule has 4 N–H and O–H groups in total. The molecule has 0 saturated carbocycles. The fourth-order valence-corrected chi connectivity index (χ4v) is 4.30. The van der Waals surface area contributed by atoms with Crippen molar-refractivity contribution in [2.75, 3.05) is 24.2 Å². The number of hydrazone groups is 1. The summed E-state index contributed by atoms with van der Waals surface area (Å²) in [6.07, 6.45) is 3.31. The standard InChI is InChI=1S/C21H25N5O5S/c1-31-18-9-7-16(8-10-18)26(32(2,29)30)14-17(27)13-25-12-15(11-23-24-21(22)28)19-5-3-4-6-20(19)25/h3-12,17,27H,13-14H2,1-2H3,(H3,22,24,28)/b23-11-/t17-/m0/s1. The van der Waals surface area contributed by atoms with E-state index >= 15 is 0 Å². The first-order valence-corrected chi connectivity index (χ1v) is 11.5. The number of urea groups is 1. The van der Waals surface area contributed by atoms with E-state index in [-0.39, 0.29) is 13.1 Å². The van der Waals surface area contributed by atoms with Crippen LogP contribution in [0.15, 0.2) is 59.8 Å². The highest BCUT2D eigenvalue weighted by atomic mass is 32.2. The van der Waals surface area contributed by atoms with Crippen LogP contribution in [0.3, 0.4) is 0 Å². The second kappa shape index (κ2) is 9.71. The minimum absolute atomic E-state index is 0.135. The number of benzene rings is 2. The summed E-state index contributed by atoms with van der Waals surface area (Å²) in [5.74, 6) is 0.599. The van der Waals surface area contributed by atoms with E-state index in [1.54, 1.807) is 35.0 Å². The lowest BCUT2D eigenvalue weighted by molar-refractivity contribution is 0.164. The number of aliphatic hydroxyl groups excluding tert-OH is 1. The summed E-state index contributed by atoms with van der Waals surface area (Å²) in [5.41, 5.74) is 9.12. The number of aromatic nitrogens is 1. The number of para-hydroxylation sites is 1. The van der Waals surface area contributed by atoms with Crippen LogP contribution in [-0.2, 0) is 16.6 Å². The molecule has 0 spiro atoms. The van der Waals surface area contributed by atoms with E-state index < -0.39 is 22.2 Å². The quantitative estimate of drug-likeness (QED) is 0.329. The third-order valence-corrected chi connectivity index (χ3v) is 5.90. The van der Waals surface area contributed by atoms with Crippen LogP contribution in [0.4, 0.5) is 10.5 Å². The number of aliphatic hydroxyl groups is 1. The van der Waals surface area contributed by atoms with Crippen molar-refractivity contribution < 1.29 is 23.1 Å². The van der Waals surface area contributed by atoms with E-state index in [1.807, 2.05) is 24.3 Å². The monoisotopic (exact) mass is 459 g/mol. The van der Waals surface area contributed by atoms with E-state index in [4.69, 9.17) is 10.5 Å². The van der Waals surface area contributed by atoms with Crippen LogP contribution in [0.2, 0.25) is 0 Å². The van der Waals surface area contributed by atoms with Crippen molar-refractivity contribution in [1.29, 1.82) is 0 Å². The van der Waals surface area contributed by atoms with Crippen LogP contribution in [0.5, 0.6) is 5.75 Å². The molecule has 11 heteroatoms. The summed E-state index contributed by atoms with van der Waals surface area (Å²) in [7, 11) is -2.11. The Labute approximate surface area is 185 Å². The molecule has 170 valence electrons. The summed E-state index contributed by atoms with van der Waals surface area (Å²) in [6, 6.07) is 13.2. The largest absolute Gasteiger partial charge is 0.497 e. The predicted molar refractivity (Wildman–Crippen MR) is 123 cm³/mol. The van der Waals surface area contributed by atoms with Gasteiger partial charge in [-0.2, -0.15) is 5.10 Å². The van der Waals surface area contributed by atoms with E-state index in [9.17, 15) is 18.3 Å². The van der Waals surface area contributed by atoms with Gasteiger partial charge < -0.3 is 20.1 Å². The van der Waals surface area contributed by atoms with Gasteiger partial charge in [0.15, 0.2) is 0 Å². The van der Waals surface area contributed by atoms with Gasteiger partial charge in [-0.3, -0.25) is 4.31 Å². The fraction of sp³-hybridized carbons (Fsp3) is 0.238. The number of carbonyl (C=O) groups excluding carboxylic acids is 1. The number of methoxy groups -OCH3 is 1. The summed E-state index contributed by atoms with van der Waals surface area (Å²) in [4.78, 5) is 10.8. The number of nitrogens with two attached hydrogens (primary N) is 1. The Balaban J connectivity index is 1.84. The zero-order chi connectivity index (χ0) is 23.3. The molecule has 0 unspecified atom stereocenters. The minimum Gasteiger partial charge on any atom is -0.497 e. The van der Waals surface area contributed by atoms with Crippen molar-refractivity contribution in [3.63, 3.8) is 0 Å². The maximum atomic E-state index is 12.4. The lowest BCUT2D eigenvalue weighted by Gasteiger charge is -2.25. The van der Waals surface area contributed by atoms with Crippen LogP contribution >= 0.6 is 0 Å². The fourth-order valence-electron chi connectivity index (χ4n) is 3.35. The molecule has 3 rings (SSSR count). The van der Waals surface area contributed by atoms with Crippen LogP contribution in [0.25, 0.3) is 10.9 Å². The van der Waals surface area contributed by atoms with Crippen molar-refractivity contribution in [3.05, 3.63) is 60.3 Å². The molecule has 2 aromatic carbocycles. The lowest BCUT2D eigenvalue weighted by atomic mass is 10.2. The third kappa shape index (κ3) is 5.56. The van der Waals surface area contributed by atoms with Crippen LogP contribution < -0.4 is 20.2 Å². The zero-order valence-electron chi connectivity index (χ0n) is 17.7. The summed E-state index contributed by atoms with van der Waals surface area (Å²) < 4.78 is 32.8. The Morgan fingerprint density at radius 1 is 1.28 bits per heavy atom. The van der Waals surface area contributed by atoms with Gasteiger partial charge in [0.1, 0.15) is 5.75 Å². The van der Waals surface area contributed by atoms with Crippen molar-refractivity contribution in [3.8, 4) is 5.75 Å². The molecule has 0 aliphatic rings. The Kier molecular flexibility index (Phi) is 7.01. The highest BCUT2D eigenvalue weighted by molar-refractivity contribution is 7.92. The van der Waals surface area contributed by atoms with Gasteiger partial charge in [-0.05, 0) is 30.3 Å². The number of primary amides is 1. The van der Waals surface area contributed by atoms with Crippen molar-refractivity contribution in [2.24, 2.45) is 10.8 Å². The second-order valence-electron chi connectivity index (χ2n) is 7.13. The van der Waals surface area contributed by atoms with Crippen LogP contribution in [-0.4, -0.2) is 56.4 Å². The van der Waals surface area contributed by atoms with E-state index in [0.29, 0.717) is 17.0 Å². The summed E-state index contributed by atoms with van der Waals surface area (Å²) in [6.45, 7) is 0.00407. The number of fused-ring (bicyclic) bond motifs is 1. The smallest absolute Gasteiger partial charge is 0.332 e. The molecule has 2 amide bonds. The van der Waals surface area contributed by atoms with Gasteiger partial charge in [-0.15, -0.1) is 0 Å². The molecular weight excluding hydrogens is 434 g/mol. The van der Waals surface area contributed by atoms with Gasteiger partial charge in [0, 0.05) is 22.7 Å². The van der Waals surface area contributed by atoms with E-state index in [1.165, 1.54) is 13.3 Å². The van der Waals surface area contributed by atoms with Crippen molar-refractivity contribution in [2.45, 2.75) is 12.6 Å². The molecule has 0 radical (unpaired) electrons. The van der Waals surface area contributed by atoms with Gasteiger partial charge in [-0.1, -0.05) is 18.2 Å². The molecular formula is C21H25N5O5S. The minimum atomic E-state index is -3.63. The molecule has 32 heavy (non-hydrogen) atoms. The normalized spacial score (nSPS) is 12.7. The first-order valence-electron chi connectivity index (χ1n) is 9.65. The molecule has 0 bridgehead atoms. The first kappa shape index (κ1) is 23.1. The molecule has 0 saturated heterocycles. The van der Waals surface area contributed by atoms with Gasteiger partial charge in [0.25, 0.3) is 0 Å². The average molecular weight is 460 g/mol. The number of carbonyl (C=O) groups is 1. The topological polar surface area (TPSA) is 139 Å². The Hall–Kier alpha value is -3.57. The number of nitrogens with zero attached hydrogens (tertiary/aromatic N) is 3. The number of nitrogens with one attached hydrogen (secondary N) is 1. The number of rotatable bonds is 9. The number of anilines is 1. The molecule has 0 aliphatic heterocycles. The number of hydrogen-bond donors (Lipinski definition) is 3. The molecule has 0 aliphatic carbocycles. The number of hydrogen-bond acceptors (Lipinski definition) is 6. The Morgan fingerprint density at radius 3 is 2.59 bits per heavy atom. The Bertz CT molecular complexity index is 1220. The predicted octanol–water partition coefficient (Wildman–Crippen LogP) is 1.48. The van der Waals surface area contributed by atoms with Crippen molar-refractivity contribution >= 4 is 38.9 Å². The molecule has 10 nitrogen and oxygen atoms in total. The highest BCUT2D eigenvalue weighted by Crippen LogP contribution is 2.23. The van der Waals surface area contributed by atoms with E-state index in [0.717, 1.165) is 21.5 Å². The maximum absolute atomic E-state index is 12.4. The van der Waals surface area contributed by atoms with Crippen molar-refractivity contribution in [1.82, 2.24) is 9.99 Å². The van der Waals surface area contributed by atoms with Gasteiger partial charge in [0.2, 0.25) is 10.0 Å². The third-order valence-electron chi connectivity index (χ3n) is 4.74. The zero-order valence-corrected chi connectivity index (χ0v) is 18.5.